The summed E-state index contributed by atoms with van der Waals surface area (Å²) in [6.07, 6.45) is 0.674. The third-order valence-electron chi connectivity index (χ3n) is 2.22. The molecule has 17 heavy (non-hydrogen) atoms. The van der Waals surface area contributed by atoms with Crippen molar-refractivity contribution in [3.8, 4) is 5.75 Å². The molecule has 0 aliphatic heterocycles. The second-order valence-corrected chi connectivity index (χ2v) is 3.88. The van der Waals surface area contributed by atoms with Gasteiger partial charge in [-0.3, -0.25) is 0 Å². The molecule has 0 bridgehead atoms. The zero-order valence-electron chi connectivity index (χ0n) is 10.4. The van der Waals surface area contributed by atoms with Gasteiger partial charge in [0, 0.05) is 12.0 Å². The van der Waals surface area contributed by atoms with Crippen LogP contribution < -0.4 is 4.74 Å². The van der Waals surface area contributed by atoms with Gasteiger partial charge in [0.1, 0.15) is 5.75 Å². The molecule has 1 aromatic carbocycles. The van der Waals surface area contributed by atoms with Gasteiger partial charge in [0.15, 0.2) is 0 Å². The standard InChI is InChI=1S/C14H18O3/c1-11(2)14(15)17-10-6-9-16-13-8-5-4-7-12(13)3/h4-5,7-8H,1,6,9-10H2,2-3H3. The van der Waals surface area contributed by atoms with Crippen molar-refractivity contribution in [1.29, 1.82) is 0 Å². The summed E-state index contributed by atoms with van der Waals surface area (Å²) < 4.78 is 10.5. The molecule has 0 aliphatic carbocycles. The normalized spacial score (nSPS) is 9.76. The first-order valence-corrected chi connectivity index (χ1v) is 5.62. The predicted molar refractivity (Wildman–Crippen MR) is 67.1 cm³/mol. The van der Waals surface area contributed by atoms with E-state index >= 15 is 0 Å². The minimum atomic E-state index is -0.346. The van der Waals surface area contributed by atoms with Crippen molar-refractivity contribution in [2.75, 3.05) is 13.2 Å². The molecule has 3 heteroatoms. The Bertz CT molecular complexity index is 396. The Hall–Kier alpha value is -1.77. The zero-order chi connectivity index (χ0) is 12.7. The van der Waals surface area contributed by atoms with E-state index in [1.54, 1.807) is 6.92 Å². The summed E-state index contributed by atoms with van der Waals surface area (Å²) in [7, 11) is 0. The number of ether oxygens (including phenoxy) is 2. The van der Waals surface area contributed by atoms with Crippen molar-refractivity contribution in [2.24, 2.45) is 0 Å². The van der Waals surface area contributed by atoms with Crippen LogP contribution >= 0.6 is 0 Å². The highest BCUT2D eigenvalue weighted by Gasteiger charge is 2.02. The van der Waals surface area contributed by atoms with Crippen LogP contribution in [0.2, 0.25) is 0 Å². The Labute approximate surface area is 102 Å². The lowest BCUT2D eigenvalue weighted by atomic mass is 10.2. The summed E-state index contributed by atoms with van der Waals surface area (Å²) in [4.78, 5) is 11.1. The maximum atomic E-state index is 11.1. The first kappa shape index (κ1) is 13.3. The van der Waals surface area contributed by atoms with Crippen molar-refractivity contribution in [3.63, 3.8) is 0 Å². The Kier molecular flexibility index (Phi) is 5.27. The monoisotopic (exact) mass is 234 g/mol. The number of hydrogen-bond acceptors (Lipinski definition) is 3. The van der Waals surface area contributed by atoms with Crippen LogP contribution in [-0.4, -0.2) is 19.2 Å². The molecule has 0 aromatic heterocycles. The molecule has 3 nitrogen and oxygen atoms in total. The summed E-state index contributed by atoms with van der Waals surface area (Å²) in [5.41, 5.74) is 1.52. The van der Waals surface area contributed by atoms with Crippen LogP contribution in [0.4, 0.5) is 0 Å². The highest BCUT2D eigenvalue weighted by Crippen LogP contribution is 2.16. The lowest BCUT2D eigenvalue weighted by Crippen LogP contribution is -2.09. The molecule has 0 aliphatic rings. The van der Waals surface area contributed by atoms with Crippen LogP contribution in [0.1, 0.15) is 18.9 Å². The Morgan fingerprint density at radius 2 is 2.00 bits per heavy atom. The fraction of sp³-hybridized carbons (Fsp3) is 0.357. The molecular formula is C14H18O3. The number of aryl methyl sites for hydroxylation is 1. The summed E-state index contributed by atoms with van der Waals surface area (Å²) in [5, 5.41) is 0. The van der Waals surface area contributed by atoms with E-state index in [0.29, 0.717) is 25.2 Å². The molecule has 0 amide bonds. The fourth-order valence-corrected chi connectivity index (χ4v) is 1.25. The SMILES string of the molecule is C=C(C)C(=O)OCCCOc1ccccc1C. The van der Waals surface area contributed by atoms with Crippen molar-refractivity contribution in [2.45, 2.75) is 20.3 Å². The highest BCUT2D eigenvalue weighted by molar-refractivity contribution is 5.86. The summed E-state index contributed by atoms with van der Waals surface area (Å²) in [6, 6.07) is 7.83. The number of hydrogen-bond donors (Lipinski definition) is 0. The number of rotatable bonds is 6. The van der Waals surface area contributed by atoms with Gasteiger partial charge >= 0.3 is 5.97 Å². The molecule has 0 saturated carbocycles. The smallest absolute Gasteiger partial charge is 0.333 e. The van der Waals surface area contributed by atoms with Gasteiger partial charge in [0.2, 0.25) is 0 Å². The first-order valence-electron chi connectivity index (χ1n) is 5.62. The molecule has 0 unspecified atom stereocenters. The number of carbonyl (C=O) groups excluding carboxylic acids is 1. The van der Waals surface area contributed by atoms with E-state index in [1.807, 2.05) is 31.2 Å². The van der Waals surface area contributed by atoms with Gasteiger partial charge in [-0.2, -0.15) is 0 Å². The second kappa shape index (κ2) is 6.74. The van der Waals surface area contributed by atoms with Crippen LogP contribution in [0.15, 0.2) is 36.4 Å². The van der Waals surface area contributed by atoms with E-state index in [1.165, 1.54) is 0 Å². The van der Waals surface area contributed by atoms with Crippen molar-refractivity contribution >= 4 is 5.97 Å². The lowest BCUT2D eigenvalue weighted by molar-refractivity contribution is -0.139. The summed E-state index contributed by atoms with van der Waals surface area (Å²) in [6.45, 7) is 8.03. The number of carbonyl (C=O) groups is 1. The van der Waals surface area contributed by atoms with Gasteiger partial charge in [-0.25, -0.2) is 4.79 Å². The molecule has 0 saturated heterocycles. The fourth-order valence-electron chi connectivity index (χ4n) is 1.25. The first-order chi connectivity index (χ1) is 8.11. The third kappa shape index (κ3) is 4.72. The summed E-state index contributed by atoms with van der Waals surface area (Å²) >= 11 is 0. The molecule has 0 N–H and O–H groups in total. The van der Waals surface area contributed by atoms with E-state index in [0.717, 1.165) is 11.3 Å². The van der Waals surface area contributed by atoms with Gasteiger partial charge in [-0.1, -0.05) is 24.8 Å². The van der Waals surface area contributed by atoms with Crippen LogP contribution in [0.25, 0.3) is 0 Å². The average molecular weight is 234 g/mol. The van der Waals surface area contributed by atoms with E-state index < -0.39 is 0 Å². The maximum Gasteiger partial charge on any atom is 0.333 e. The average Bonchev–Trinajstić information content (AvgIpc) is 2.30. The number of para-hydroxylation sites is 1. The summed E-state index contributed by atoms with van der Waals surface area (Å²) in [5.74, 6) is 0.527. The Morgan fingerprint density at radius 1 is 1.29 bits per heavy atom. The molecule has 92 valence electrons. The highest BCUT2D eigenvalue weighted by atomic mass is 16.5. The van der Waals surface area contributed by atoms with Crippen LogP contribution in [0, 0.1) is 6.92 Å². The van der Waals surface area contributed by atoms with E-state index in [-0.39, 0.29) is 5.97 Å². The van der Waals surface area contributed by atoms with Gasteiger partial charge in [0.05, 0.1) is 13.2 Å². The van der Waals surface area contributed by atoms with Crippen LogP contribution in [-0.2, 0) is 9.53 Å². The number of esters is 1. The largest absolute Gasteiger partial charge is 0.493 e. The van der Waals surface area contributed by atoms with Gasteiger partial charge in [-0.15, -0.1) is 0 Å². The van der Waals surface area contributed by atoms with Crippen molar-refractivity contribution in [1.82, 2.24) is 0 Å². The van der Waals surface area contributed by atoms with Gasteiger partial charge in [-0.05, 0) is 25.5 Å². The van der Waals surface area contributed by atoms with Crippen LogP contribution in [0.3, 0.4) is 0 Å². The molecule has 0 radical (unpaired) electrons. The van der Waals surface area contributed by atoms with Crippen LogP contribution in [0.5, 0.6) is 5.75 Å². The maximum absolute atomic E-state index is 11.1. The van der Waals surface area contributed by atoms with E-state index in [9.17, 15) is 4.79 Å². The van der Waals surface area contributed by atoms with Gasteiger partial charge < -0.3 is 9.47 Å². The van der Waals surface area contributed by atoms with E-state index in [4.69, 9.17) is 9.47 Å². The lowest BCUT2D eigenvalue weighted by Gasteiger charge is -2.08. The minimum Gasteiger partial charge on any atom is -0.493 e. The topological polar surface area (TPSA) is 35.5 Å². The molecule has 1 rings (SSSR count). The zero-order valence-corrected chi connectivity index (χ0v) is 10.4. The molecule has 1 aromatic rings. The third-order valence-corrected chi connectivity index (χ3v) is 2.22. The molecule has 0 atom stereocenters. The van der Waals surface area contributed by atoms with Crippen molar-refractivity contribution in [3.05, 3.63) is 42.0 Å². The Morgan fingerprint density at radius 3 is 2.65 bits per heavy atom. The Balaban J connectivity index is 2.19. The molecule has 0 spiro atoms. The second-order valence-electron chi connectivity index (χ2n) is 3.88. The van der Waals surface area contributed by atoms with E-state index in [2.05, 4.69) is 6.58 Å². The minimum absolute atomic E-state index is 0.346. The predicted octanol–water partition coefficient (Wildman–Crippen LogP) is 2.88. The molecule has 0 heterocycles. The molecular weight excluding hydrogens is 216 g/mol. The number of benzene rings is 1. The molecule has 0 fully saturated rings. The van der Waals surface area contributed by atoms with Crippen molar-refractivity contribution < 1.29 is 14.3 Å². The quantitative estimate of drug-likeness (QED) is 0.431. The van der Waals surface area contributed by atoms with Gasteiger partial charge in [0.25, 0.3) is 0 Å².